The smallest absolute Gasteiger partial charge is 0.253 e. The average Bonchev–Trinajstić information content (AvgIpc) is 3.05. The molecule has 0 spiro atoms. The first-order chi connectivity index (χ1) is 14.7. The van der Waals surface area contributed by atoms with Gasteiger partial charge in [-0.3, -0.25) is 14.6 Å². The summed E-state index contributed by atoms with van der Waals surface area (Å²) in [6.07, 6.45) is 2.05. The number of para-hydroxylation sites is 1. The molecule has 6 heteroatoms. The summed E-state index contributed by atoms with van der Waals surface area (Å²) in [4.78, 5) is 19.7. The van der Waals surface area contributed by atoms with E-state index in [1.165, 1.54) is 11.1 Å². The number of carbonyl (C=O) groups excluding carboxylic acids is 1. The minimum absolute atomic E-state index is 0.0142. The lowest BCUT2D eigenvalue weighted by Crippen LogP contribution is -2.45. The fourth-order valence-corrected chi connectivity index (χ4v) is 4.77. The minimum atomic E-state index is 0.0142. The molecule has 0 bridgehead atoms. The lowest BCUT2D eigenvalue weighted by molar-refractivity contribution is 0.0958. The van der Waals surface area contributed by atoms with E-state index in [-0.39, 0.29) is 12.1 Å². The summed E-state index contributed by atoms with van der Waals surface area (Å²) in [5, 5.41) is 6.63. The second-order valence-electron chi connectivity index (χ2n) is 8.30. The first-order valence-electron chi connectivity index (χ1n) is 10.8. The van der Waals surface area contributed by atoms with Crippen molar-refractivity contribution < 1.29 is 4.79 Å². The van der Waals surface area contributed by atoms with Crippen LogP contribution >= 0.6 is 0 Å². The van der Waals surface area contributed by atoms with Crippen molar-refractivity contribution in [3.8, 4) is 0 Å². The van der Waals surface area contributed by atoms with E-state index in [4.69, 9.17) is 0 Å². The van der Waals surface area contributed by atoms with Crippen molar-refractivity contribution in [1.82, 2.24) is 15.1 Å². The SMILES string of the molecule is C=CCN1CCN(Cc2ccc(C3Nc4cccc5c4N3CCNC5=O)cc2)CC1. The molecule has 30 heavy (non-hydrogen) atoms. The van der Waals surface area contributed by atoms with E-state index < -0.39 is 0 Å². The number of hydrogen-bond donors (Lipinski definition) is 2. The highest BCUT2D eigenvalue weighted by molar-refractivity contribution is 6.04. The number of piperazine rings is 1. The van der Waals surface area contributed by atoms with Crippen LogP contribution in [0.25, 0.3) is 0 Å². The van der Waals surface area contributed by atoms with Crippen LogP contribution in [0.1, 0.15) is 27.7 Å². The topological polar surface area (TPSA) is 50.9 Å². The Bertz CT molecular complexity index is 933. The quantitative estimate of drug-likeness (QED) is 0.752. The number of amides is 1. The molecule has 2 aromatic carbocycles. The first kappa shape index (κ1) is 19.2. The second kappa shape index (κ2) is 8.13. The molecule has 2 N–H and O–H groups in total. The van der Waals surface area contributed by atoms with E-state index in [1.54, 1.807) is 0 Å². The van der Waals surface area contributed by atoms with Crippen molar-refractivity contribution in [2.45, 2.75) is 12.7 Å². The number of hydrogen-bond acceptors (Lipinski definition) is 5. The molecular formula is C24H29N5O. The van der Waals surface area contributed by atoms with E-state index in [0.29, 0.717) is 6.54 Å². The van der Waals surface area contributed by atoms with Crippen LogP contribution in [-0.4, -0.2) is 61.5 Å². The third-order valence-electron chi connectivity index (χ3n) is 6.36. The van der Waals surface area contributed by atoms with Crippen molar-refractivity contribution in [3.05, 3.63) is 71.8 Å². The normalized spacial score (nSPS) is 21.5. The molecular weight excluding hydrogens is 374 g/mol. The van der Waals surface area contributed by atoms with Crippen molar-refractivity contribution in [3.63, 3.8) is 0 Å². The minimum Gasteiger partial charge on any atom is -0.360 e. The Morgan fingerprint density at radius 1 is 1.00 bits per heavy atom. The maximum atomic E-state index is 12.4. The van der Waals surface area contributed by atoms with Gasteiger partial charge in [-0.2, -0.15) is 0 Å². The fraction of sp³-hybridized carbons (Fsp3) is 0.375. The highest BCUT2D eigenvalue weighted by Crippen LogP contribution is 2.43. The van der Waals surface area contributed by atoms with Crippen molar-refractivity contribution in [2.24, 2.45) is 0 Å². The van der Waals surface area contributed by atoms with Gasteiger partial charge in [0.05, 0.1) is 16.9 Å². The molecule has 156 valence electrons. The van der Waals surface area contributed by atoms with Crippen LogP contribution in [0.2, 0.25) is 0 Å². The predicted molar refractivity (Wildman–Crippen MR) is 121 cm³/mol. The Hall–Kier alpha value is -2.83. The molecule has 0 radical (unpaired) electrons. The van der Waals surface area contributed by atoms with E-state index in [2.05, 4.69) is 62.2 Å². The lowest BCUT2D eigenvalue weighted by atomic mass is 10.1. The lowest BCUT2D eigenvalue weighted by Gasteiger charge is -2.34. The molecule has 1 saturated heterocycles. The highest BCUT2D eigenvalue weighted by Gasteiger charge is 2.34. The largest absolute Gasteiger partial charge is 0.360 e. The van der Waals surface area contributed by atoms with Crippen LogP contribution in [0, 0.1) is 0 Å². The van der Waals surface area contributed by atoms with Gasteiger partial charge in [-0.25, -0.2) is 0 Å². The van der Waals surface area contributed by atoms with Crippen LogP contribution in [0.5, 0.6) is 0 Å². The third-order valence-corrected chi connectivity index (χ3v) is 6.36. The van der Waals surface area contributed by atoms with Gasteiger partial charge < -0.3 is 15.5 Å². The average molecular weight is 404 g/mol. The Kier molecular flexibility index (Phi) is 5.19. The Balaban J connectivity index is 1.28. The van der Waals surface area contributed by atoms with Gasteiger partial charge in [0, 0.05) is 52.4 Å². The van der Waals surface area contributed by atoms with Gasteiger partial charge >= 0.3 is 0 Å². The number of anilines is 2. The summed E-state index contributed by atoms with van der Waals surface area (Å²) in [6, 6.07) is 14.9. The third kappa shape index (κ3) is 3.57. The predicted octanol–water partition coefficient (Wildman–Crippen LogP) is 2.66. The fourth-order valence-electron chi connectivity index (χ4n) is 4.77. The monoisotopic (exact) mass is 403 g/mol. The van der Waals surface area contributed by atoms with Gasteiger partial charge in [-0.05, 0) is 23.3 Å². The summed E-state index contributed by atoms with van der Waals surface area (Å²) < 4.78 is 0. The molecule has 2 aromatic rings. The van der Waals surface area contributed by atoms with Gasteiger partial charge in [-0.15, -0.1) is 6.58 Å². The molecule has 1 atom stereocenters. The summed E-state index contributed by atoms with van der Waals surface area (Å²) in [7, 11) is 0. The molecule has 1 amide bonds. The molecule has 1 unspecified atom stereocenters. The Morgan fingerprint density at radius 2 is 1.77 bits per heavy atom. The van der Waals surface area contributed by atoms with Crippen LogP contribution in [0.15, 0.2) is 55.1 Å². The van der Waals surface area contributed by atoms with E-state index in [0.717, 1.165) is 62.8 Å². The highest BCUT2D eigenvalue weighted by atomic mass is 16.1. The van der Waals surface area contributed by atoms with E-state index in [1.807, 2.05) is 18.2 Å². The van der Waals surface area contributed by atoms with Gasteiger partial charge in [-0.1, -0.05) is 36.4 Å². The molecule has 3 heterocycles. The molecule has 3 aliphatic rings. The van der Waals surface area contributed by atoms with Gasteiger partial charge in [0.15, 0.2) is 0 Å². The van der Waals surface area contributed by atoms with Gasteiger partial charge in [0.1, 0.15) is 6.17 Å². The Morgan fingerprint density at radius 3 is 2.53 bits per heavy atom. The summed E-state index contributed by atoms with van der Waals surface area (Å²) in [6.45, 7) is 11.7. The van der Waals surface area contributed by atoms with Crippen molar-refractivity contribution in [1.29, 1.82) is 0 Å². The second-order valence-corrected chi connectivity index (χ2v) is 8.30. The Labute approximate surface area is 178 Å². The molecule has 1 fully saturated rings. The zero-order valence-corrected chi connectivity index (χ0v) is 17.3. The number of nitrogens with one attached hydrogen (secondary N) is 2. The molecule has 0 saturated carbocycles. The summed E-state index contributed by atoms with van der Waals surface area (Å²) in [5.41, 5.74) is 5.40. The van der Waals surface area contributed by atoms with Gasteiger partial charge in [0.2, 0.25) is 0 Å². The van der Waals surface area contributed by atoms with Crippen LogP contribution in [0.4, 0.5) is 11.4 Å². The van der Waals surface area contributed by atoms with Crippen LogP contribution in [0.3, 0.4) is 0 Å². The zero-order valence-electron chi connectivity index (χ0n) is 17.3. The summed E-state index contributed by atoms with van der Waals surface area (Å²) >= 11 is 0. The molecule has 6 nitrogen and oxygen atoms in total. The first-order valence-corrected chi connectivity index (χ1v) is 10.8. The number of rotatable bonds is 5. The van der Waals surface area contributed by atoms with Crippen LogP contribution < -0.4 is 15.5 Å². The van der Waals surface area contributed by atoms with E-state index in [9.17, 15) is 4.79 Å². The maximum absolute atomic E-state index is 12.4. The molecule has 3 aliphatic heterocycles. The van der Waals surface area contributed by atoms with E-state index >= 15 is 0 Å². The standard InChI is InChI=1S/C24H29N5O/c1-2-11-27-13-15-28(16-14-27)17-18-6-8-19(9-7-18)23-26-21-5-3-4-20-22(21)29(23)12-10-25-24(20)30/h2-9,23,26H,1,10-17H2,(H,25,30). The number of nitrogens with zero attached hydrogens (tertiary/aromatic N) is 3. The zero-order chi connectivity index (χ0) is 20.5. The molecule has 0 aromatic heterocycles. The molecule has 5 rings (SSSR count). The summed E-state index contributed by atoms with van der Waals surface area (Å²) in [5.74, 6) is 0.0142. The van der Waals surface area contributed by atoms with Crippen molar-refractivity contribution in [2.75, 3.05) is 56.0 Å². The van der Waals surface area contributed by atoms with Crippen molar-refractivity contribution >= 4 is 17.3 Å². The molecule has 0 aliphatic carbocycles. The van der Waals surface area contributed by atoms with Crippen LogP contribution in [-0.2, 0) is 6.54 Å². The van der Waals surface area contributed by atoms with Gasteiger partial charge in [0.25, 0.3) is 5.91 Å². The maximum Gasteiger partial charge on any atom is 0.253 e. The number of benzene rings is 2. The number of carbonyl (C=O) groups is 1.